The lowest BCUT2D eigenvalue weighted by molar-refractivity contribution is -0.384. The lowest BCUT2D eigenvalue weighted by atomic mass is 10.2. The van der Waals surface area contributed by atoms with Gasteiger partial charge in [0.25, 0.3) is 11.6 Å². The summed E-state index contributed by atoms with van der Waals surface area (Å²) in [6.45, 7) is 0. The van der Waals surface area contributed by atoms with Crippen LogP contribution in [-0.2, 0) is 4.79 Å². The summed E-state index contributed by atoms with van der Waals surface area (Å²) in [5, 5.41) is 10.5. The van der Waals surface area contributed by atoms with Crippen LogP contribution in [0.1, 0.15) is 10.4 Å². The Hall–Kier alpha value is -3.01. The summed E-state index contributed by atoms with van der Waals surface area (Å²) in [5.74, 6) is -3.35. The quantitative estimate of drug-likeness (QED) is 0.480. The Bertz CT molecular complexity index is 815. The van der Waals surface area contributed by atoms with E-state index in [-0.39, 0.29) is 17.0 Å². The van der Waals surface area contributed by atoms with Gasteiger partial charge in [-0.1, -0.05) is 0 Å². The molecule has 2 N–H and O–H groups in total. The topological polar surface area (TPSA) is 101 Å². The first kappa shape index (κ1) is 18.3. The van der Waals surface area contributed by atoms with Crippen LogP contribution in [0.3, 0.4) is 0 Å². The maximum atomic E-state index is 13.0. The highest BCUT2D eigenvalue weighted by atomic mass is 32.2. The first-order valence-corrected chi connectivity index (χ1v) is 7.77. The number of thioether (sulfide) groups is 1. The third kappa shape index (κ3) is 5.24. The van der Waals surface area contributed by atoms with Crippen LogP contribution in [0.4, 0.5) is 14.5 Å². The molecule has 0 fully saturated rings. The molecule has 2 aromatic rings. The van der Waals surface area contributed by atoms with Gasteiger partial charge in [0, 0.05) is 22.6 Å². The normalized spacial score (nSPS) is 10.2. The third-order valence-corrected chi connectivity index (χ3v) is 3.91. The van der Waals surface area contributed by atoms with Crippen molar-refractivity contribution in [2.24, 2.45) is 0 Å². The summed E-state index contributed by atoms with van der Waals surface area (Å²) in [6.07, 6.45) is 0. The number of non-ortho nitro benzene ring substituents is 1. The minimum absolute atomic E-state index is 0.124. The fourth-order valence-electron chi connectivity index (χ4n) is 1.68. The van der Waals surface area contributed by atoms with E-state index in [4.69, 9.17) is 0 Å². The first-order chi connectivity index (χ1) is 11.9. The fraction of sp³-hybridized carbons (Fsp3) is 0.0667. The lowest BCUT2D eigenvalue weighted by Crippen LogP contribution is -2.42. The molecule has 130 valence electrons. The van der Waals surface area contributed by atoms with Crippen molar-refractivity contribution < 1.29 is 23.3 Å². The number of rotatable bonds is 5. The molecule has 0 unspecified atom stereocenters. The van der Waals surface area contributed by atoms with E-state index in [1.54, 1.807) is 0 Å². The average molecular weight is 367 g/mol. The number of carbonyl (C=O) groups excluding carboxylic acids is 2. The number of hydrogen-bond donors (Lipinski definition) is 2. The van der Waals surface area contributed by atoms with Crippen LogP contribution in [0, 0.1) is 21.7 Å². The van der Waals surface area contributed by atoms with Crippen molar-refractivity contribution in [1.29, 1.82) is 0 Å². The van der Waals surface area contributed by atoms with Crippen LogP contribution in [-0.4, -0.2) is 22.5 Å². The summed E-state index contributed by atoms with van der Waals surface area (Å²) in [6, 6.07) is 8.05. The van der Waals surface area contributed by atoms with E-state index >= 15 is 0 Å². The SMILES string of the molecule is O=C(CSc1ccc(F)c(F)c1)NNC(=O)c1ccc([N+](=O)[O-])cc1. The second-order valence-corrected chi connectivity index (χ2v) is 5.72. The zero-order valence-electron chi connectivity index (χ0n) is 12.5. The molecule has 0 heterocycles. The summed E-state index contributed by atoms with van der Waals surface area (Å²) >= 11 is 0.959. The van der Waals surface area contributed by atoms with E-state index in [1.165, 1.54) is 18.2 Å². The summed E-state index contributed by atoms with van der Waals surface area (Å²) in [5.41, 5.74) is 4.26. The number of hydrazine groups is 1. The summed E-state index contributed by atoms with van der Waals surface area (Å²) in [4.78, 5) is 33.7. The first-order valence-electron chi connectivity index (χ1n) is 6.78. The Kier molecular flexibility index (Phi) is 6.01. The molecular weight excluding hydrogens is 356 g/mol. The van der Waals surface area contributed by atoms with Crippen molar-refractivity contribution >= 4 is 29.3 Å². The molecule has 0 saturated heterocycles. The number of amides is 2. The highest BCUT2D eigenvalue weighted by Gasteiger charge is 2.11. The molecule has 2 amide bonds. The molecule has 10 heteroatoms. The molecule has 0 aliphatic carbocycles. The molecule has 25 heavy (non-hydrogen) atoms. The van der Waals surface area contributed by atoms with Crippen LogP contribution in [0.5, 0.6) is 0 Å². The van der Waals surface area contributed by atoms with Gasteiger partial charge >= 0.3 is 0 Å². The Labute approximate surface area is 144 Å². The summed E-state index contributed by atoms with van der Waals surface area (Å²) < 4.78 is 25.8. The maximum absolute atomic E-state index is 13.0. The van der Waals surface area contributed by atoms with Crippen molar-refractivity contribution in [3.05, 3.63) is 69.8 Å². The zero-order valence-corrected chi connectivity index (χ0v) is 13.3. The largest absolute Gasteiger partial charge is 0.272 e. The number of carbonyl (C=O) groups is 2. The van der Waals surface area contributed by atoms with E-state index in [0.29, 0.717) is 4.90 Å². The van der Waals surface area contributed by atoms with Gasteiger partial charge in [0.05, 0.1) is 10.7 Å². The zero-order chi connectivity index (χ0) is 18.4. The van der Waals surface area contributed by atoms with Crippen LogP contribution in [0.2, 0.25) is 0 Å². The van der Waals surface area contributed by atoms with Crippen molar-refractivity contribution in [2.75, 3.05) is 5.75 Å². The number of hydrogen-bond acceptors (Lipinski definition) is 5. The molecule has 7 nitrogen and oxygen atoms in total. The monoisotopic (exact) mass is 367 g/mol. The molecule has 0 aliphatic rings. The predicted octanol–water partition coefficient (Wildman–Crippen LogP) is 2.43. The predicted molar refractivity (Wildman–Crippen MR) is 85.8 cm³/mol. The minimum Gasteiger partial charge on any atom is -0.272 e. The smallest absolute Gasteiger partial charge is 0.269 e. The fourth-order valence-corrected chi connectivity index (χ4v) is 2.41. The Balaban J connectivity index is 1.81. The van der Waals surface area contributed by atoms with E-state index in [1.807, 2.05) is 0 Å². The highest BCUT2D eigenvalue weighted by molar-refractivity contribution is 8.00. The van der Waals surface area contributed by atoms with Crippen LogP contribution < -0.4 is 10.9 Å². The molecule has 0 atom stereocenters. The van der Waals surface area contributed by atoms with E-state index in [0.717, 1.165) is 36.0 Å². The van der Waals surface area contributed by atoms with Gasteiger partial charge in [-0.15, -0.1) is 11.8 Å². The molecule has 0 bridgehead atoms. The van der Waals surface area contributed by atoms with Gasteiger partial charge in [-0.05, 0) is 30.3 Å². The van der Waals surface area contributed by atoms with Crippen molar-refractivity contribution in [3.63, 3.8) is 0 Å². The number of nitrogens with one attached hydrogen (secondary N) is 2. The van der Waals surface area contributed by atoms with Crippen LogP contribution in [0.15, 0.2) is 47.4 Å². The van der Waals surface area contributed by atoms with Crippen molar-refractivity contribution in [3.8, 4) is 0 Å². The minimum atomic E-state index is -1.02. The van der Waals surface area contributed by atoms with Gasteiger partial charge in [-0.25, -0.2) is 8.78 Å². The number of halogens is 2. The summed E-state index contributed by atoms with van der Waals surface area (Å²) in [7, 11) is 0. The highest BCUT2D eigenvalue weighted by Crippen LogP contribution is 2.20. The molecule has 0 aromatic heterocycles. The number of benzene rings is 2. The number of nitro benzene ring substituents is 1. The van der Waals surface area contributed by atoms with E-state index in [2.05, 4.69) is 10.9 Å². The number of nitrogens with zero attached hydrogens (tertiary/aromatic N) is 1. The van der Waals surface area contributed by atoms with Crippen LogP contribution in [0.25, 0.3) is 0 Å². The van der Waals surface area contributed by atoms with E-state index in [9.17, 15) is 28.5 Å². The van der Waals surface area contributed by atoms with Gasteiger partial charge in [0.2, 0.25) is 5.91 Å². The molecule has 0 spiro atoms. The average Bonchev–Trinajstić information content (AvgIpc) is 2.60. The van der Waals surface area contributed by atoms with Crippen molar-refractivity contribution in [1.82, 2.24) is 10.9 Å². The van der Waals surface area contributed by atoms with Gasteiger partial charge < -0.3 is 0 Å². The molecular formula is C15H11F2N3O4S. The Morgan fingerprint density at radius 1 is 1.04 bits per heavy atom. The van der Waals surface area contributed by atoms with Gasteiger partial charge in [-0.2, -0.15) is 0 Å². The lowest BCUT2D eigenvalue weighted by Gasteiger charge is -2.07. The Morgan fingerprint density at radius 3 is 2.32 bits per heavy atom. The third-order valence-electron chi connectivity index (χ3n) is 2.92. The molecule has 2 aromatic carbocycles. The number of nitro groups is 1. The second-order valence-electron chi connectivity index (χ2n) is 4.67. The Morgan fingerprint density at radius 2 is 1.72 bits per heavy atom. The van der Waals surface area contributed by atoms with E-state index < -0.39 is 28.4 Å². The molecule has 0 radical (unpaired) electrons. The maximum Gasteiger partial charge on any atom is 0.269 e. The van der Waals surface area contributed by atoms with Crippen molar-refractivity contribution in [2.45, 2.75) is 4.90 Å². The standard InChI is InChI=1S/C15H11F2N3O4S/c16-12-6-5-11(7-13(12)17)25-8-14(21)18-19-15(22)9-1-3-10(4-2-9)20(23)24/h1-7H,8H2,(H,18,21)(H,19,22). The second kappa shape index (κ2) is 8.20. The molecule has 0 aliphatic heterocycles. The van der Waals surface area contributed by atoms with Gasteiger partial charge in [0.1, 0.15) is 0 Å². The molecule has 0 saturated carbocycles. The molecule has 2 rings (SSSR count). The van der Waals surface area contributed by atoms with Gasteiger partial charge in [0.15, 0.2) is 11.6 Å². The van der Waals surface area contributed by atoms with Crippen LogP contribution >= 0.6 is 11.8 Å². The van der Waals surface area contributed by atoms with Gasteiger partial charge in [-0.3, -0.25) is 30.6 Å².